The lowest BCUT2D eigenvalue weighted by Gasteiger charge is -2.07. The van der Waals surface area contributed by atoms with Crippen LogP contribution in [-0.2, 0) is 6.42 Å². The van der Waals surface area contributed by atoms with Gasteiger partial charge in [0.25, 0.3) is 5.91 Å². The quantitative estimate of drug-likeness (QED) is 0.774. The molecule has 0 atom stereocenters. The maximum Gasteiger partial charge on any atom is 0.318 e. The molecule has 0 aliphatic carbocycles. The Morgan fingerprint density at radius 3 is 2.26 bits per heavy atom. The van der Waals surface area contributed by atoms with Crippen LogP contribution in [0.3, 0.4) is 0 Å². The van der Waals surface area contributed by atoms with Crippen molar-refractivity contribution >= 4 is 34.6 Å². The zero-order chi connectivity index (χ0) is 16.8. The molecular weight excluding hydrogens is 310 g/mol. The Bertz CT molecular complexity index is 692. The number of hydrogen-bond donors (Lipinski definition) is 3. The molecule has 0 fully saturated rings. The van der Waals surface area contributed by atoms with Gasteiger partial charge in [0.15, 0.2) is 0 Å². The molecule has 0 unspecified atom stereocenters. The highest BCUT2D eigenvalue weighted by Crippen LogP contribution is 2.24. The number of aryl methyl sites for hydroxylation is 2. The van der Waals surface area contributed by atoms with Gasteiger partial charge in [-0.15, -0.1) is 11.3 Å². The van der Waals surface area contributed by atoms with E-state index in [-0.39, 0.29) is 11.9 Å². The van der Waals surface area contributed by atoms with E-state index in [9.17, 15) is 9.59 Å². The Hall–Kier alpha value is -2.34. The smallest absolute Gasteiger partial charge is 0.318 e. The fourth-order valence-corrected chi connectivity index (χ4v) is 3.14. The monoisotopic (exact) mass is 331 g/mol. The first-order chi connectivity index (χ1) is 11.0. The lowest BCUT2D eigenvalue weighted by atomic mass is 10.1. The van der Waals surface area contributed by atoms with Crippen LogP contribution in [0.15, 0.2) is 30.3 Å². The Morgan fingerprint density at radius 1 is 1.09 bits per heavy atom. The first-order valence-electron chi connectivity index (χ1n) is 7.53. The largest absolute Gasteiger partial charge is 0.341 e. The molecular formula is C17H21N3O2S. The van der Waals surface area contributed by atoms with Gasteiger partial charge in [0.1, 0.15) is 0 Å². The van der Waals surface area contributed by atoms with Crippen molar-refractivity contribution in [1.29, 1.82) is 0 Å². The van der Waals surface area contributed by atoms with Gasteiger partial charge in [-0.25, -0.2) is 4.79 Å². The molecule has 6 heteroatoms. The third-order valence-electron chi connectivity index (χ3n) is 3.39. The SMILES string of the molecule is CCCc1cc(C(=O)Nc2ccc(NC(=O)NC)cc2)sc1C. The number of carbonyl (C=O) groups excluding carboxylic acids is 2. The predicted octanol–water partition coefficient (Wildman–Crippen LogP) is 4.01. The molecule has 0 aliphatic rings. The molecule has 0 spiro atoms. The topological polar surface area (TPSA) is 70.2 Å². The van der Waals surface area contributed by atoms with Crippen LogP contribution in [0.2, 0.25) is 0 Å². The summed E-state index contributed by atoms with van der Waals surface area (Å²) < 4.78 is 0. The summed E-state index contributed by atoms with van der Waals surface area (Å²) in [7, 11) is 1.56. The minimum Gasteiger partial charge on any atom is -0.341 e. The van der Waals surface area contributed by atoms with Gasteiger partial charge in [0.2, 0.25) is 0 Å². The van der Waals surface area contributed by atoms with Crippen molar-refractivity contribution in [2.45, 2.75) is 26.7 Å². The van der Waals surface area contributed by atoms with Gasteiger partial charge in [-0.3, -0.25) is 4.79 Å². The molecule has 0 aliphatic heterocycles. The summed E-state index contributed by atoms with van der Waals surface area (Å²) in [6.07, 6.45) is 2.06. The van der Waals surface area contributed by atoms with E-state index >= 15 is 0 Å². The van der Waals surface area contributed by atoms with E-state index < -0.39 is 0 Å². The van der Waals surface area contributed by atoms with Gasteiger partial charge < -0.3 is 16.0 Å². The second kappa shape index (κ2) is 7.78. The van der Waals surface area contributed by atoms with Crippen LogP contribution in [0.5, 0.6) is 0 Å². The van der Waals surface area contributed by atoms with Crippen molar-refractivity contribution in [1.82, 2.24) is 5.32 Å². The Labute approximate surface area is 140 Å². The molecule has 5 nitrogen and oxygen atoms in total. The van der Waals surface area contributed by atoms with Gasteiger partial charge in [0, 0.05) is 23.3 Å². The Morgan fingerprint density at radius 2 is 1.70 bits per heavy atom. The first-order valence-corrected chi connectivity index (χ1v) is 8.34. The van der Waals surface area contributed by atoms with Crippen LogP contribution >= 0.6 is 11.3 Å². The number of hydrogen-bond acceptors (Lipinski definition) is 3. The minimum absolute atomic E-state index is 0.104. The predicted molar refractivity (Wildman–Crippen MR) is 95.5 cm³/mol. The second-order valence-electron chi connectivity index (χ2n) is 5.18. The van der Waals surface area contributed by atoms with Crippen LogP contribution < -0.4 is 16.0 Å². The van der Waals surface area contributed by atoms with Gasteiger partial charge >= 0.3 is 6.03 Å². The maximum atomic E-state index is 12.3. The van der Waals surface area contributed by atoms with Crippen molar-refractivity contribution in [3.8, 4) is 0 Å². The van der Waals surface area contributed by atoms with E-state index in [0.29, 0.717) is 11.4 Å². The molecule has 2 aromatic rings. The summed E-state index contributed by atoms with van der Waals surface area (Å²) in [5.74, 6) is -0.104. The number of nitrogens with one attached hydrogen (secondary N) is 3. The molecule has 23 heavy (non-hydrogen) atoms. The van der Waals surface area contributed by atoms with Crippen LogP contribution in [0.4, 0.5) is 16.2 Å². The molecule has 0 saturated carbocycles. The summed E-state index contributed by atoms with van der Waals surface area (Å²) in [5, 5.41) is 8.03. The number of rotatable bonds is 5. The van der Waals surface area contributed by atoms with Crippen LogP contribution in [0.1, 0.15) is 33.5 Å². The average Bonchev–Trinajstić information content (AvgIpc) is 2.91. The van der Waals surface area contributed by atoms with E-state index in [1.165, 1.54) is 21.8 Å². The summed E-state index contributed by atoms with van der Waals surface area (Å²) in [5.41, 5.74) is 2.60. The summed E-state index contributed by atoms with van der Waals surface area (Å²) in [6.45, 7) is 4.18. The lowest BCUT2D eigenvalue weighted by Crippen LogP contribution is -2.24. The fourth-order valence-electron chi connectivity index (χ4n) is 2.17. The van der Waals surface area contributed by atoms with Gasteiger partial charge in [0.05, 0.1) is 4.88 Å². The maximum absolute atomic E-state index is 12.3. The molecule has 1 heterocycles. The highest BCUT2D eigenvalue weighted by molar-refractivity contribution is 7.14. The normalized spacial score (nSPS) is 10.2. The highest BCUT2D eigenvalue weighted by Gasteiger charge is 2.12. The summed E-state index contributed by atoms with van der Waals surface area (Å²) in [6, 6.07) is 8.70. The van der Waals surface area contributed by atoms with Gasteiger partial charge in [-0.1, -0.05) is 13.3 Å². The zero-order valence-electron chi connectivity index (χ0n) is 13.5. The molecule has 3 amide bonds. The van der Waals surface area contributed by atoms with Crippen LogP contribution in [0, 0.1) is 6.92 Å². The third kappa shape index (κ3) is 4.56. The molecule has 0 saturated heterocycles. The number of thiophene rings is 1. The Balaban J connectivity index is 2.02. The molecule has 1 aromatic carbocycles. The van der Waals surface area contributed by atoms with Gasteiger partial charge in [-0.05, 0) is 49.2 Å². The summed E-state index contributed by atoms with van der Waals surface area (Å²) >= 11 is 1.52. The van der Waals surface area contributed by atoms with Crippen molar-refractivity contribution in [3.05, 3.63) is 45.6 Å². The molecule has 1 aromatic heterocycles. The van der Waals surface area contributed by atoms with Crippen molar-refractivity contribution in [2.75, 3.05) is 17.7 Å². The van der Waals surface area contributed by atoms with E-state index in [2.05, 4.69) is 22.9 Å². The Kier molecular flexibility index (Phi) is 5.76. The molecule has 122 valence electrons. The van der Waals surface area contributed by atoms with E-state index in [0.717, 1.165) is 17.7 Å². The van der Waals surface area contributed by atoms with Crippen molar-refractivity contribution in [3.63, 3.8) is 0 Å². The minimum atomic E-state index is -0.278. The third-order valence-corrected chi connectivity index (χ3v) is 4.48. The lowest BCUT2D eigenvalue weighted by molar-refractivity contribution is 0.103. The standard InChI is InChI=1S/C17H21N3O2S/c1-4-5-12-10-15(23-11(12)2)16(21)19-13-6-8-14(9-7-13)20-17(22)18-3/h6-10H,4-5H2,1-3H3,(H,19,21)(H2,18,20,22). The molecule has 3 N–H and O–H groups in total. The number of carbonyl (C=O) groups is 2. The highest BCUT2D eigenvalue weighted by atomic mass is 32.1. The van der Waals surface area contributed by atoms with E-state index in [1.54, 1.807) is 31.3 Å². The van der Waals surface area contributed by atoms with Crippen molar-refractivity contribution < 1.29 is 9.59 Å². The zero-order valence-corrected chi connectivity index (χ0v) is 14.3. The number of benzene rings is 1. The second-order valence-corrected chi connectivity index (χ2v) is 6.43. The number of amides is 3. The molecule has 0 bridgehead atoms. The number of anilines is 2. The molecule has 2 rings (SSSR count). The van der Waals surface area contributed by atoms with E-state index in [1.807, 2.05) is 13.0 Å². The molecule has 0 radical (unpaired) electrons. The fraction of sp³-hybridized carbons (Fsp3) is 0.294. The van der Waals surface area contributed by atoms with Crippen LogP contribution in [0.25, 0.3) is 0 Å². The van der Waals surface area contributed by atoms with E-state index in [4.69, 9.17) is 0 Å². The summed E-state index contributed by atoms with van der Waals surface area (Å²) in [4.78, 5) is 25.5. The average molecular weight is 331 g/mol. The van der Waals surface area contributed by atoms with Crippen LogP contribution in [-0.4, -0.2) is 19.0 Å². The van der Waals surface area contributed by atoms with Crippen molar-refractivity contribution in [2.24, 2.45) is 0 Å². The van der Waals surface area contributed by atoms with Gasteiger partial charge in [-0.2, -0.15) is 0 Å². The first kappa shape index (κ1) is 17.0. The number of urea groups is 1.